The van der Waals surface area contributed by atoms with E-state index in [2.05, 4.69) is 109 Å². The van der Waals surface area contributed by atoms with Crippen LogP contribution in [0.3, 0.4) is 0 Å². The molecule has 0 saturated carbocycles. The van der Waals surface area contributed by atoms with E-state index in [0.29, 0.717) is 24.8 Å². The van der Waals surface area contributed by atoms with Crippen molar-refractivity contribution in [3.63, 3.8) is 0 Å². The number of ether oxygens (including phenoxy) is 1. The molecule has 0 unspecified atom stereocenters. The first-order chi connectivity index (χ1) is 19.6. The predicted octanol–water partition coefficient (Wildman–Crippen LogP) is 6.43. The van der Waals surface area contributed by atoms with E-state index in [1.807, 2.05) is 12.1 Å². The van der Waals surface area contributed by atoms with Gasteiger partial charge >= 0.3 is 254 Å². The normalized spacial score (nSPS) is 13.0. The summed E-state index contributed by atoms with van der Waals surface area (Å²) >= 11 is 4.55. The first-order valence-corrected chi connectivity index (χ1v) is 19.9. The monoisotopic (exact) mass is 654 g/mol. The Bertz CT molecular complexity index is 1330. The van der Waals surface area contributed by atoms with E-state index in [9.17, 15) is 5.11 Å². The summed E-state index contributed by atoms with van der Waals surface area (Å²) in [5.41, 5.74) is 3.52. The zero-order valence-electron chi connectivity index (χ0n) is 24.7. The molecule has 0 amide bonds. The Morgan fingerprint density at radius 3 is 1.46 bits per heavy atom. The number of rotatable bonds is 12. The number of hydrogen-bond acceptors (Lipinski definition) is 5. The van der Waals surface area contributed by atoms with E-state index in [1.54, 1.807) is 27.4 Å². The van der Waals surface area contributed by atoms with Gasteiger partial charge in [-0.25, -0.2) is 0 Å². The van der Waals surface area contributed by atoms with Crippen molar-refractivity contribution in [2.75, 3.05) is 27.9 Å². The van der Waals surface area contributed by atoms with Crippen molar-refractivity contribution >= 4 is 50.8 Å². The zero-order valence-corrected chi connectivity index (χ0v) is 28.2. The molecule has 0 saturated heterocycles. The predicted molar refractivity (Wildman–Crippen MR) is 178 cm³/mol. The molecule has 1 N–H and O–H groups in total. The number of phenolic OH excluding ortho intramolecular Hbond substituents is 1. The quantitative estimate of drug-likeness (QED) is 0.108. The Labute approximate surface area is 253 Å². The summed E-state index contributed by atoms with van der Waals surface area (Å²) in [6, 6.07) is 32.1. The van der Waals surface area contributed by atoms with Gasteiger partial charge in [0.1, 0.15) is 0 Å². The molecule has 4 aromatic rings. The van der Waals surface area contributed by atoms with Gasteiger partial charge in [-0.05, 0) is 0 Å². The van der Waals surface area contributed by atoms with Crippen LogP contribution in [0.15, 0.2) is 91.0 Å². The van der Waals surface area contributed by atoms with Gasteiger partial charge in [0.05, 0.1) is 0 Å². The van der Waals surface area contributed by atoms with Crippen molar-refractivity contribution in [3.8, 4) is 11.5 Å². The van der Waals surface area contributed by atoms with Gasteiger partial charge in [0, 0.05) is 0 Å². The second-order valence-corrected chi connectivity index (χ2v) is 21.8. The molecule has 0 aliphatic heterocycles. The Kier molecular flexibility index (Phi) is 9.80. The van der Waals surface area contributed by atoms with Crippen LogP contribution in [0, 0.1) is 20.8 Å². The third-order valence-corrected chi connectivity index (χ3v) is 20.5. The fourth-order valence-corrected chi connectivity index (χ4v) is 14.8. The topological polar surface area (TPSA) is 57.2 Å². The van der Waals surface area contributed by atoms with Crippen molar-refractivity contribution in [1.82, 2.24) is 0 Å². The first-order valence-electron chi connectivity index (χ1n) is 13.7. The number of phenols is 1. The summed E-state index contributed by atoms with van der Waals surface area (Å²) in [6.45, 7) is 6.71. The Hall–Kier alpha value is -2.51. The third-order valence-electron chi connectivity index (χ3n) is 7.77. The number of aromatic hydroxyl groups is 1. The van der Waals surface area contributed by atoms with Crippen LogP contribution < -0.4 is 26.0 Å². The van der Waals surface area contributed by atoms with Gasteiger partial charge in [-0.2, -0.15) is 0 Å². The van der Waals surface area contributed by atoms with Gasteiger partial charge in [-0.1, -0.05) is 0 Å². The number of halogens is 1. The molecule has 4 rings (SSSR count). The van der Waals surface area contributed by atoms with E-state index in [4.69, 9.17) is 18.0 Å². The van der Waals surface area contributed by atoms with Crippen molar-refractivity contribution in [1.29, 1.82) is 0 Å². The molecule has 0 spiro atoms. The van der Waals surface area contributed by atoms with Crippen LogP contribution in [-0.2, 0) is 13.3 Å². The fraction of sp³-hybridized carbons (Fsp3) is 0.273. The van der Waals surface area contributed by atoms with Gasteiger partial charge in [-0.3, -0.25) is 0 Å². The van der Waals surface area contributed by atoms with Gasteiger partial charge < -0.3 is 0 Å². The average molecular weight is 656 g/mol. The molecule has 0 aliphatic carbocycles. The molecule has 0 atom stereocenters. The molecule has 8 heteroatoms. The number of aryl methyl sites for hydroxylation is 3. The van der Waals surface area contributed by atoms with E-state index >= 15 is 0 Å². The summed E-state index contributed by atoms with van der Waals surface area (Å²) in [5.74, 6) is 0.885. The van der Waals surface area contributed by atoms with Gasteiger partial charge in [0.25, 0.3) is 0 Å². The molecular weight excluding hydrogens is 615 g/mol. The van der Waals surface area contributed by atoms with Gasteiger partial charge in [0.15, 0.2) is 0 Å². The number of benzene rings is 4. The fourth-order valence-electron chi connectivity index (χ4n) is 5.32. The maximum atomic E-state index is 11.0. The van der Waals surface area contributed by atoms with E-state index in [1.165, 1.54) is 16.7 Å². The van der Waals surface area contributed by atoms with Crippen molar-refractivity contribution in [2.45, 2.75) is 33.2 Å². The van der Waals surface area contributed by atoms with Crippen LogP contribution >= 0.6 is 20.8 Å². The van der Waals surface area contributed by atoms with Crippen LogP contribution in [-0.4, -0.2) is 41.8 Å². The van der Waals surface area contributed by atoms with Crippen LogP contribution in [0.5, 0.6) is 11.5 Å². The molecular formula is C33H40BrO5PSi. The molecule has 218 valence electrons. The molecule has 5 nitrogen and oxygen atoms in total. The van der Waals surface area contributed by atoms with Crippen molar-refractivity contribution in [2.24, 2.45) is 0 Å². The molecule has 0 radical (unpaired) electrons. The Balaban J connectivity index is 1.97. The minimum absolute atomic E-state index is 0.178. The number of hydrogen-bond donors (Lipinski definition) is 1. The van der Waals surface area contributed by atoms with Crippen molar-refractivity contribution in [3.05, 3.63) is 108 Å². The first kappa shape index (κ1) is 31.4. The van der Waals surface area contributed by atoms with Crippen LogP contribution in [0.1, 0.15) is 23.1 Å². The summed E-state index contributed by atoms with van der Waals surface area (Å²) in [7, 11) is 2.14. The van der Waals surface area contributed by atoms with Gasteiger partial charge in [-0.15, -0.1) is 0 Å². The third kappa shape index (κ3) is 5.90. The second kappa shape index (κ2) is 12.8. The Morgan fingerprint density at radius 1 is 0.659 bits per heavy atom. The average Bonchev–Trinajstić information content (AvgIpc) is 2.99. The zero-order chi connectivity index (χ0) is 29.7. The SMILES string of the molecule is CO[Si](CCCOc1ccc(O)cc1P(Br)(c1ccc(C)cc1)(c1ccc(C)cc1)c1ccc(C)cc1)(OC)OC. The molecule has 0 aliphatic rings. The summed E-state index contributed by atoms with van der Waals surface area (Å²) in [5, 5.41) is 11.6. The maximum absolute atomic E-state index is 11.0. The second-order valence-electron chi connectivity index (χ2n) is 10.4. The van der Waals surface area contributed by atoms with E-state index in [-0.39, 0.29) is 5.75 Å². The van der Waals surface area contributed by atoms with Crippen LogP contribution in [0.4, 0.5) is 0 Å². The van der Waals surface area contributed by atoms with Crippen LogP contribution in [0.25, 0.3) is 0 Å². The van der Waals surface area contributed by atoms with E-state index in [0.717, 1.165) is 21.2 Å². The molecule has 0 fully saturated rings. The molecule has 0 heterocycles. The molecule has 41 heavy (non-hydrogen) atoms. The Morgan fingerprint density at radius 2 is 1.07 bits per heavy atom. The van der Waals surface area contributed by atoms with Gasteiger partial charge in [0.2, 0.25) is 0 Å². The van der Waals surface area contributed by atoms with E-state index < -0.39 is 14.1 Å². The van der Waals surface area contributed by atoms with Crippen molar-refractivity contribution < 1.29 is 23.1 Å². The summed E-state index contributed by atoms with van der Waals surface area (Å²) < 4.78 is 23.4. The molecule has 4 aromatic carbocycles. The van der Waals surface area contributed by atoms with Crippen LogP contribution in [0.2, 0.25) is 6.04 Å². The summed E-state index contributed by atoms with van der Waals surface area (Å²) in [4.78, 5) is 0. The summed E-state index contributed by atoms with van der Waals surface area (Å²) in [6.07, 6.45) is 0.680. The molecule has 0 aromatic heterocycles. The minimum atomic E-state index is -3.63. The molecule has 0 bridgehead atoms. The standard InChI is InChI=1S/C33H40BrO5PSi/c1-25-8-15-29(16-9-25)40(34,30-17-10-26(2)11-18-30,31-19-12-27(3)13-20-31)33-24-28(35)14-21-32(33)39-22-7-23-41(36-4,37-5)38-6/h8-21,24,35H,7,22-23H2,1-6H3.